The highest BCUT2D eigenvalue weighted by Crippen LogP contribution is 2.43. The third-order valence-corrected chi connectivity index (χ3v) is 9.59. The number of hydrogen-bond donors (Lipinski definition) is 1. The Morgan fingerprint density at radius 1 is 0.534 bits per heavy atom. The van der Waals surface area contributed by atoms with Crippen LogP contribution < -0.4 is 0 Å². The van der Waals surface area contributed by atoms with Crippen molar-refractivity contribution >= 4 is 19.8 Å². The largest absolute Gasteiger partial charge is 0.472 e. The average Bonchev–Trinajstić information content (AvgIpc) is 3.17. The van der Waals surface area contributed by atoms with Gasteiger partial charge in [-0.15, -0.1) is 0 Å². The highest BCUT2D eigenvalue weighted by atomic mass is 31.2. The smallest absolute Gasteiger partial charge is 0.462 e. The molecule has 0 aliphatic carbocycles. The molecule has 1 N–H and O–H groups in total. The van der Waals surface area contributed by atoms with Gasteiger partial charge in [0.2, 0.25) is 0 Å². The number of quaternary nitrogens is 1. The van der Waals surface area contributed by atoms with E-state index in [9.17, 15) is 19.0 Å². The van der Waals surface area contributed by atoms with Crippen LogP contribution in [0.5, 0.6) is 0 Å². The molecule has 330 valence electrons. The van der Waals surface area contributed by atoms with Crippen LogP contribution in [-0.2, 0) is 32.7 Å². The molecule has 2 unspecified atom stereocenters. The summed E-state index contributed by atoms with van der Waals surface area (Å²) in [6.07, 6.45) is 51.8. The Labute approximate surface area is 353 Å². The van der Waals surface area contributed by atoms with E-state index in [1.807, 2.05) is 27.2 Å². The maximum atomic E-state index is 12.7. The molecule has 0 heterocycles. The van der Waals surface area contributed by atoms with Crippen molar-refractivity contribution in [3.63, 3.8) is 0 Å². The van der Waals surface area contributed by atoms with E-state index in [2.05, 4.69) is 105 Å². The summed E-state index contributed by atoms with van der Waals surface area (Å²) in [6, 6.07) is 0. The summed E-state index contributed by atoms with van der Waals surface area (Å²) in [5, 5.41) is 0. The van der Waals surface area contributed by atoms with Crippen molar-refractivity contribution in [2.75, 3.05) is 47.5 Å². The molecule has 0 saturated heterocycles. The predicted octanol–water partition coefficient (Wildman–Crippen LogP) is 12.6. The molecule has 0 aliphatic heterocycles. The van der Waals surface area contributed by atoms with Gasteiger partial charge in [0, 0.05) is 12.8 Å². The number of nitrogens with zero attached hydrogens (tertiary/aromatic N) is 1. The Kier molecular flexibility index (Phi) is 37.3. The van der Waals surface area contributed by atoms with Gasteiger partial charge >= 0.3 is 19.8 Å². The molecule has 0 rings (SSSR count). The second kappa shape index (κ2) is 39.4. The highest BCUT2D eigenvalue weighted by molar-refractivity contribution is 7.47. The van der Waals surface area contributed by atoms with E-state index < -0.39 is 32.5 Å². The number of hydrogen-bond acceptors (Lipinski definition) is 7. The van der Waals surface area contributed by atoms with Crippen molar-refractivity contribution in [1.29, 1.82) is 0 Å². The topological polar surface area (TPSA) is 108 Å². The molecule has 0 radical (unpaired) electrons. The molecule has 0 spiro atoms. The first-order valence-electron chi connectivity index (χ1n) is 22.0. The second-order valence-corrected chi connectivity index (χ2v) is 16.8. The number of carbonyl (C=O) groups is 2. The predicted molar refractivity (Wildman–Crippen MR) is 242 cm³/mol. The summed E-state index contributed by atoms with van der Waals surface area (Å²) < 4.78 is 34.2. The molecule has 0 aromatic rings. The van der Waals surface area contributed by atoms with Crippen LogP contribution in [0.25, 0.3) is 0 Å². The van der Waals surface area contributed by atoms with E-state index in [1.54, 1.807) is 0 Å². The minimum Gasteiger partial charge on any atom is -0.462 e. The molecular formula is C48H81NO8P+. The second-order valence-electron chi connectivity index (χ2n) is 15.3. The number of allylic oxidation sites excluding steroid dienone is 16. The van der Waals surface area contributed by atoms with Crippen molar-refractivity contribution in [1.82, 2.24) is 0 Å². The Morgan fingerprint density at radius 2 is 0.948 bits per heavy atom. The molecule has 9 nitrogen and oxygen atoms in total. The van der Waals surface area contributed by atoms with Crippen LogP contribution >= 0.6 is 7.82 Å². The van der Waals surface area contributed by atoms with E-state index in [-0.39, 0.29) is 26.1 Å². The molecule has 0 aromatic heterocycles. The van der Waals surface area contributed by atoms with Crippen LogP contribution in [0.1, 0.15) is 142 Å². The fraction of sp³-hybridized carbons (Fsp3) is 0.625. The number of phosphoric ester groups is 1. The SMILES string of the molecule is CC/C=C\C/C=C\C/C=C\C/C=C\C/C=C\CCCC(=O)OC(COC(=O)CCCCCCCCC/C=C\C/C=C\C/C=C\CC)COP(=O)(O)OCC[N+](C)(C)C. The molecule has 0 aromatic carbocycles. The normalized spacial score (nSPS) is 14.5. The van der Waals surface area contributed by atoms with Crippen LogP contribution in [0.3, 0.4) is 0 Å². The zero-order chi connectivity index (χ0) is 42.8. The van der Waals surface area contributed by atoms with Crippen molar-refractivity contribution in [2.45, 2.75) is 148 Å². The fourth-order valence-electron chi connectivity index (χ4n) is 5.24. The van der Waals surface area contributed by atoms with Gasteiger partial charge in [0.05, 0.1) is 27.7 Å². The Bertz CT molecular complexity index is 1300. The minimum atomic E-state index is -4.40. The molecule has 0 aliphatic rings. The number of rotatable bonds is 38. The number of unbranched alkanes of at least 4 members (excludes halogenated alkanes) is 8. The number of esters is 2. The van der Waals surface area contributed by atoms with Gasteiger partial charge < -0.3 is 18.9 Å². The first kappa shape index (κ1) is 54.9. The molecular weight excluding hydrogens is 750 g/mol. The van der Waals surface area contributed by atoms with Gasteiger partial charge in [0.25, 0.3) is 0 Å². The molecule has 58 heavy (non-hydrogen) atoms. The molecule has 0 fully saturated rings. The molecule has 0 amide bonds. The first-order chi connectivity index (χ1) is 28.0. The Balaban J connectivity index is 4.49. The van der Waals surface area contributed by atoms with Gasteiger partial charge in [-0.1, -0.05) is 143 Å². The fourth-order valence-corrected chi connectivity index (χ4v) is 5.98. The van der Waals surface area contributed by atoms with Gasteiger partial charge in [0.1, 0.15) is 19.8 Å². The molecule has 0 bridgehead atoms. The summed E-state index contributed by atoms with van der Waals surface area (Å²) >= 11 is 0. The quantitative estimate of drug-likeness (QED) is 0.0215. The lowest BCUT2D eigenvalue weighted by molar-refractivity contribution is -0.870. The van der Waals surface area contributed by atoms with E-state index >= 15 is 0 Å². The number of carbonyl (C=O) groups excluding carboxylic acids is 2. The van der Waals surface area contributed by atoms with Gasteiger partial charge in [-0.2, -0.15) is 0 Å². The summed E-state index contributed by atoms with van der Waals surface area (Å²) in [4.78, 5) is 35.4. The molecule has 10 heteroatoms. The van der Waals surface area contributed by atoms with E-state index in [1.165, 1.54) is 19.3 Å². The lowest BCUT2D eigenvalue weighted by Gasteiger charge is -2.24. The lowest BCUT2D eigenvalue weighted by Crippen LogP contribution is -2.37. The number of ether oxygens (including phenoxy) is 2. The number of phosphoric acid groups is 1. The Hall–Kier alpha value is -3.07. The monoisotopic (exact) mass is 831 g/mol. The Morgan fingerprint density at radius 3 is 1.43 bits per heavy atom. The van der Waals surface area contributed by atoms with Crippen molar-refractivity contribution in [3.8, 4) is 0 Å². The van der Waals surface area contributed by atoms with Crippen molar-refractivity contribution < 1.29 is 42.1 Å². The highest BCUT2D eigenvalue weighted by Gasteiger charge is 2.27. The van der Waals surface area contributed by atoms with Crippen molar-refractivity contribution in [2.24, 2.45) is 0 Å². The van der Waals surface area contributed by atoms with Crippen LogP contribution in [0.2, 0.25) is 0 Å². The molecule has 2 atom stereocenters. The third kappa shape index (κ3) is 42.5. The zero-order valence-corrected chi connectivity index (χ0v) is 37.9. The number of likely N-dealkylation sites (N-methyl/N-ethyl adjacent to an activating group) is 1. The summed E-state index contributed by atoms with van der Waals surface area (Å²) in [5.74, 6) is -0.889. The van der Waals surface area contributed by atoms with Gasteiger partial charge in [-0.05, 0) is 83.5 Å². The van der Waals surface area contributed by atoms with Crippen LogP contribution in [-0.4, -0.2) is 74.9 Å². The van der Waals surface area contributed by atoms with Crippen molar-refractivity contribution in [3.05, 3.63) is 97.2 Å². The summed E-state index contributed by atoms with van der Waals surface area (Å²) in [6.45, 7) is 4.09. The standard InChI is InChI=1S/C48H80NO8P/c1-6-8-10-12-14-16-18-20-22-24-26-28-30-32-34-36-38-40-47(50)54-44-46(45-56-58(52,53)55-43-42-49(3,4)5)57-48(51)41-39-37-35-33-31-29-27-25-23-21-19-17-15-13-11-9-7-2/h8-11,14-17,20-23,27,29,33,35,46H,6-7,12-13,18-19,24-26,28,30-32,34,36-45H2,1-5H3/p+1/b10-8-,11-9-,16-14-,17-15-,22-20-,23-21-,29-27-,35-33-. The first-order valence-corrected chi connectivity index (χ1v) is 23.5. The van der Waals surface area contributed by atoms with E-state index in [4.69, 9.17) is 18.5 Å². The van der Waals surface area contributed by atoms with Gasteiger partial charge in [0.15, 0.2) is 6.10 Å². The maximum absolute atomic E-state index is 12.7. The molecule has 0 saturated carbocycles. The minimum absolute atomic E-state index is 0.0136. The van der Waals surface area contributed by atoms with Crippen LogP contribution in [0.15, 0.2) is 97.2 Å². The van der Waals surface area contributed by atoms with Gasteiger partial charge in [-0.25, -0.2) is 4.57 Å². The maximum Gasteiger partial charge on any atom is 0.472 e. The zero-order valence-electron chi connectivity index (χ0n) is 37.0. The van der Waals surface area contributed by atoms with Crippen LogP contribution in [0.4, 0.5) is 0 Å². The third-order valence-electron chi connectivity index (χ3n) is 8.61. The summed E-state index contributed by atoms with van der Waals surface area (Å²) in [7, 11) is 1.41. The van der Waals surface area contributed by atoms with Gasteiger partial charge in [-0.3, -0.25) is 18.6 Å². The van der Waals surface area contributed by atoms with E-state index in [0.717, 1.165) is 77.0 Å². The average molecular weight is 831 g/mol. The summed E-state index contributed by atoms with van der Waals surface area (Å²) in [5.41, 5.74) is 0. The lowest BCUT2D eigenvalue weighted by atomic mass is 10.1. The van der Waals surface area contributed by atoms with E-state index in [0.29, 0.717) is 30.3 Å². The van der Waals surface area contributed by atoms with Crippen LogP contribution in [0, 0.1) is 0 Å².